The van der Waals surface area contributed by atoms with Gasteiger partial charge in [0.05, 0.1) is 0 Å². The maximum atomic E-state index is 12.5. The van der Waals surface area contributed by atoms with Gasteiger partial charge in [-0.15, -0.1) is 12.4 Å². The number of aryl methyl sites for hydroxylation is 1. The van der Waals surface area contributed by atoms with Crippen LogP contribution < -0.4 is 4.74 Å². The van der Waals surface area contributed by atoms with Crippen LogP contribution in [0.1, 0.15) is 12.5 Å². The van der Waals surface area contributed by atoms with Gasteiger partial charge in [0.1, 0.15) is 5.75 Å². The lowest BCUT2D eigenvalue weighted by Gasteiger charge is -2.34. The predicted octanol–water partition coefficient (Wildman–Crippen LogP) is 4.96. The van der Waals surface area contributed by atoms with Crippen molar-refractivity contribution < 1.29 is 9.53 Å². The molecule has 5 rings (SSSR count). The molecular formula is C27H30ClN3O2. The summed E-state index contributed by atoms with van der Waals surface area (Å²) in [7, 11) is 0. The van der Waals surface area contributed by atoms with E-state index in [1.165, 1.54) is 27.4 Å². The minimum Gasteiger partial charge on any atom is -0.484 e. The third-order valence-electron chi connectivity index (χ3n) is 6.39. The lowest BCUT2D eigenvalue weighted by Crippen LogP contribution is -2.49. The molecule has 0 aliphatic carbocycles. The van der Waals surface area contributed by atoms with Gasteiger partial charge in [-0.1, -0.05) is 42.5 Å². The number of fused-ring (bicyclic) bond motifs is 3. The van der Waals surface area contributed by atoms with Crippen LogP contribution in [0.2, 0.25) is 0 Å². The zero-order valence-corrected chi connectivity index (χ0v) is 19.8. The Labute approximate surface area is 200 Å². The van der Waals surface area contributed by atoms with Gasteiger partial charge in [-0.25, -0.2) is 0 Å². The van der Waals surface area contributed by atoms with Gasteiger partial charge in [0.15, 0.2) is 6.61 Å². The smallest absolute Gasteiger partial charge is 0.260 e. The van der Waals surface area contributed by atoms with Crippen molar-refractivity contribution in [2.45, 2.75) is 20.0 Å². The maximum Gasteiger partial charge on any atom is 0.260 e. The van der Waals surface area contributed by atoms with E-state index in [-0.39, 0.29) is 24.9 Å². The highest BCUT2D eigenvalue weighted by Gasteiger charge is 2.21. The summed E-state index contributed by atoms with van der Waals surface area (Å²) in [5, 5.41) is 2.65. The number of rotatable bonds is 6. The molecule has 2 heterocycles. The highest BCUT2D eigenvalue weighted by atomic mass is 35.5. The fourth-order valence-corrected chi connectivity index (χ4v) is 4.71. The van der Waals surface area contributed by atoms with Crippen molar-refractivity contribution >= 4 is 40.1 Å². The number of hydrogen-bond donors (Lipinski definition) is 0. The average Bonchev–Trinajstić information content (AvgIpc) is 3.16. The first kappa shape index (κ1) is 23.1. The van der Waals surface area contributed by atoms with E-state index in [9.17, 15) is 4.79 Å². The summed E-state index contributed by atoms with van der Waals surface area (Å²) in [6.07, 6.45) is 0. The summed E-state index contributed by atoms with van der Waals surface area (Å²) in [6.45, 7) is 7.42. The molecule has 6 heteroatoms. The summed E-state index contributed by atoms with van der Waals surface area (Å²) < 4.78 is 8.01. The number of nitrogens with zero attached hydrogens (tertiary/aromatic N) is 3. The van der Waals surface area contributed by atoms with Gasteiger partial charge in [-0.3, -0.25) is 9.69 Å². The second-order valence-corrected chi connectivity index (χ2v) is 8.37. The van der Waals surface area contributed by atoms with Crippen molar-refractivity contribution in [3.8, 4) is 5.75 Å². The Kier molecular flexibility index (Phi) is 7.21. The van der Waals surface area contributed by atoms with Crippen LogP contribution >= 0.6 is 12.4 Å². The minimum atomic E-state index is 0. The van der Waals surface area contributed by atoms with E-state index in [0.717, 1.165) is 45.0 Å². The predicted molar refractivity (Wildman–Crippen MR) is 136 cm³/mol. The molecule has 1 aliphatic heterocycles. The van der Waals surface area contributed by atoms with E-state index in [4.69, 9.17) is 4.74 Å². The molecule has 1 saturated heterocycles. The Balaban J connectivity index is 0.00000259. The van der Waals surface area contributed by atoms with Crippen LogP contribution in [0, 0.1) is 0 Å². The summed E-state index contributed by atoms with van der Waals surface area (Å²) in [6, 6.07) is 25.0. The lowest BCUT2D eigenvalue weighted by atomic mass is 10.1. The second kappa shape index (κ2) is 10.3. The Morgan fingerprint density at radius 3 is 2.30 bits per heavy atom. The van der Waals surface area contributed by atoms with Gasteiger partial charge in [-0.2, -0.15) is 0 Å². The molecule has 0 bridgehead atoms. The van der Waals surface area contributed by atoms with E-state index < -0.39 is 0 Å². The van der Waals surface area contributed by atoms with E-state index in [1.54, 1.807) is 0 Å². The monoisotopic (exact) mass is 463 g/mol. The first-order valence-corrected chi connectivity index (χ1v) is 11.4. The maximum absolute atomic E-state index is 12.5. The highest BCUT2D eigenvalue weighted by molar-refractivity contribution is 6.08. The standard InChI is InChI=1S/C27H29N3O2.ClH/c1-2-30-25-11-7-6-10-23(25)24-18-21(12-13-26(24)30)19-28-14-16-29(17-15-28)27(31)20-32-22-8-4-3-5-9-22;/h3-13,18H,2,14-17,19-20H2,1H3;1H. The van der Waals surface area contributed by atoms with E-state index >= 15 is 0 Å². The molecule has 3 aromatic carbocycles. The molecule has 0 saturated carbocycles. The molecule has 1 aliphatic rings. The van der Waals surface area contributed by atoms with Gasteiger partial charge < -0.3 is 14.2 Å². The summed E-state index contributed by atoms with van der Waals surface area (Å²) in [4.78, 5) is 16.9. The number of amides is 1. The number of aromatic nitrogens is 1. The van der Waals surface area contributed by atoms with Crippen LogP contribution in [0.4, 0.5) is 0 Å². The van der Waals surface area contributed by atoms with Crippen LogP contribution in [0.15, 0.2) is 72.8 Å². The van der Waals surface area contributed by atoms with Crippen LogP contribution in [-0.2, 0) is 17.9 Å². The Morgan fingerprint density at radius 1 is 0.848 bits per heavy atom. The molecule has 0 unspecified atom stereocenters. The summed E-state index contributed by atoms with van der Waals surface area (Å²) in [5.74, 6) is 0.793. The number of carbonyl (C=O) groups is 1. The molecule has 1 amide bonds. The zero-order valence-electron chi connectivity index (χ0n) is 18.9. The SMILES string of the molecule is CCn1c2ccccc2c2cc(CN3CCN(C(=O)COc4ccccc4)CC3)ccc21.Cl. The van der Waals surface area contributed by atoms with E-state index in [0.29, 0.717) is 0 Å². The Bertz CT molecular complexity index is 1230. The van der Waals surface area contributed by atoms with Crippen molar-refractivity contribution in [1.82, 2.24) is 14.4 Å². The normalized spacial score (nSPS) is 14.4. The molecule has 0 radical (unpaired) electrons. The minimum absolute atomic E-state index is 0. The third-order valence-corrected chi connectivity index (χ3v) is 6.39. The third kappa shape index (κ3) is 4.85. The van der Waals surface area contributed by atoms with Gasteiger partial charge in [0.2, 0.25) is 0 Å². The van der Waals surface area contributed by atoms with Crippen molar-refractivity contribution in [3.05, 3.63) is 78.4 Å². The second-order valence-electron chi connectivity index (χ2n) is 8.37. The molecule has 5 nitrogen and oxygen atoms in total. The largest absolute Gasteiger partial charge is 0.484 e. The van der Waals surface area contributed by atoms with Crippen molar-refractivity contribution in [1.29, 1.82) is 0 Å². The van der Waals surface area contributed by atoms with Crippen LogP contribution in [0.5, 0.6) is 5.75 Å². The first-order chi connectivity index (χ1) is 15.7. The molecule has 33 heavy (non-hydrogen) atoms. The molecule has 172 valence electrons. The van der Waals surface area contributed by atoms with Crippen LogP contribution in [0.25, 0.3) is 21.8 Å². The van der Waals surface area contributed by atoms with Crippen molar-refractivity contribution in [2.24, 2.45) is 0 Å². The van der Waals surface area contributed by atoms with E-state index in [1.807, 2.05) is 35.2 Å². The van der Waals surface area contributed by atoms with E-state index in [2.05, 4.69) is 58.9 Å². The van der Waals surface area contributed by atoms with Crippen molar-refractivity contribution in [2.75, 3.05) is 32.8 Å². The number of piperazine rings is 1. The number of para-hydroxylation sites is 2. The molecule has 1 aromatic heterocycles. The molecule has 0 spiro atoms. The molecule has 4 aromatic rings. The zero-order chi connectivity index (χ0) is 21.9. The van der Waals surface area contributed by atoms with Crippen molar-refractivity contribution in [3.63, 3.8) is 0 Å². The number of ether oxygens (including phenoxy) is 1. The first-order valence-electron chi connectivity index (χ1n) is 11.4. The topological polar surface area (TPSA) is 37.7 Å². The van der Waals surface area contributed by atoms with Crippen LogP contribution in [-0.4, -0.2) is 53.1 Å². The Morgan fingerprint density at radius 2 is 1.55 bits per heavy atom. The number of halogens is 1. The van der Waals surface area contributed by atoms with Gasteiger partial charge in [0.25, 0.3) is 5.91 Å². The number of hydrogen-bond acceptors (Lipinski definition) is 3. The summed E-state index contributed by atoms with van der Waals surface area (Å²) >= 11 is 0. The number of benzene rings is 3. The van der Waals surface area contributed by atoms with Gasteiger partial charge in [0, 0.05) is 61.1 Å². The van der Waals surface area contributed by atoms with Gasteiger partial charge >= 0.3 is 0 Å². The quantitative estimate of drug-likeness (QED) is 0.405. The fourth-order valence-electron chi connectivity index (χ4n) is 4.71. The number of carbonyl (C=O) groups excluding carboxylic acids is 1. The van der Waals surface area contributed by atoms with Gasteiger partial charge in [-0.05, 0) is 42.8 Å². The average molecular weight is 464 g/mol. The lowest BCUT2D eigenvalue weighted by molar-refractivity contribution is -0.135. The fraction of sp³-hybridized carbons (Fsp3) is 0.296. The molecular weight excluding hydrogens is 434 g/mol. The molecule has 0 N–H and O–H groups in total. The molecule has 1 fully saturated rings. The molecule has 0 atom stereocenters. The summed E-state index contributed by atoms with van der Waals surface area (Å²) in [5.41, 5.74) is 3.92. The highest BCUT2D eigenvalue weighted by Crippen LogP contribution is 2.30. The Hall–Kier alpha value is -3.02. The van der Waals surface area contributed by atoms with Crippen LogP contribution in [0.3, 0.4) is 0 Å².